The van der Waals surface area contributed by atoms with Crippen molar-refractivity contribution in [2.75, 3.05) is 7.11 Å². The fourth-order valence-electron chi connectivity index (χ4n) is 2.22. The van der Waals surface area contributed by atoms with Gasteiger partial charge in [-0.1, -0.05) is 32.6 Å². The van der Waals surface area contributed by atoms with Gasteiger partial charge in [-0.15, -0.1) is 0 Å². The maximum absolute atomic E-state index is 11.2. The molecule has 1 rings (SSSR count). The van der Waals surface area contributed by atoms with Crippen molar-refractivity contribution in [3.05, 3.63) is 0 Å². The molecule has 3 heteroatoms. The molecular formula is C13H24O3. The van der Waals surface area contributed by atoms with Crippen LogP contribution in [-0.4, -0.2) is 25.3 Å². The summed E-state index contributed by atoms with van der Waals surface area (Å²) in [5.74, 6) is -0.152. The molecule has 1 heterocycles. The third-order valence-electron chi connectivity index (χ3n) is 3.19. The van der Waals surface area contributed by atoms with Crippen LogP contribution in [0.5, 0.6) is 0 Å². The number of rotatable bonds is 5. The Morgan fingerprint density at radius 3 is 2.62 bits per heavy atom. The average molecular weight is 228 g/mol. The Balaban J connectivity index is 2.35. The number of esters is 1. The van der Waals surface area contributed by atoms with Crippen LogP contribution >= 0.6 is 0 Å². The van der Waals surface area contributed by atoms with Crippen molar-refractivity contribution in [1.29, 1.82) is 0 Å². The molecule has 0 amide bonds. The Morgan fingerprint density at radius 1 is 1.31 bits per heavy atom. The van der Waals surface area contributed by atoms with Crippen LogP contribution in [0.25, 0.3) is 0 Å². The predicted octanol–water partition coefficient (Wildman–Crippen LogP) is 3.07. The molecule has 16 heavy (non-hydrogen) atoms. The van der Waals surface area contributed by atoms with Gasteiger partial charge in [0.25, 0.3) is 0 Å². The summed E-state index contributed by atoms with van der Waals surface area (Å²) in [5.41, 5.74) is 0. The van der Waals surface area contributed by atoms with Crippen LogP contribution in [0, 0.1) is 0 Å². The Morgan fingerprint density at radius 2 is 2.00 bits per heavy atom. The Kier molecular flexibility index (Phi) is 6.46. The summed E-state index contributed by atoms with van der Waals surface area (Å²) in [6.45, 7) is 2.20. The van der Waals surface area contributed by atoms with Gasteiger partial charge in [0.05, 0.1) is 25.7 Å². The standard InChI is InChI=1S/C13H24O3/c1-3-4-7-11-8-5-6-9-12(16-11)10-13(14)15-2/h11-12H,3-10H2,1-2H3. The highest BCUT2D eigenvalue weighted by atomic mass is 16.5. The van der Waals surface area contributed by atoms with Gasteiger partial charge in [0.2, 0.25) is 0 Å². The summed E-state index contributed by atoms with van der Waals surface area (Å²) in [4.78, 5) is 11.2. The van der Waals surface area contributed by atoms with Crippen LogP contribution in [-0.2, 0) is 14.3 Å². The second-order valence-electron chi connectivity index (χ2n) is 4.59. The van der Waals surface area contributed by atoms with Crippen LogP contribution in [0.2, 0.25) is 0 Å². The zero-order valence-electron chi connectivity index (χ0n) is 10.5. The lowest BCUT2D eigenvalue weighted by Gasteiger charge is -2.20. The highest BCUT2D eigenvalue weighted by Gasteiger charge is 2.22. The first kappa shape index (κ1) is 13.5. The predicted molar refractivity (Wildman–Crippen MR) is 63.3 cm³/mol. The molecule has 1 saturated heterocycles. The summed E-state index contributed by atoms with van der Waals surface area (Å²) in [6, 6.07) is 0. The lowest BCUT2D eigenvalue weighted by atomic mass is 10.1. The van der Waals surface area contributed by atoms with E-state index < -0.39 is 0 Å². The van der Waals surface area contributed by atoms with Crippen molar-refractivity contribution in [2.24, 2.45) is 0 Å². The van der Waals surface area contributed by atoms with E-state index in [0.717, 1.165) is 19.3 Å². The van der Waals surface area contributed by atoms with E-state index in [1.807, 2.05) is 0 Å². The molecule has 3 nitrogen and oxygen atoms in total. The molecule has 0 aliphatic carbocycles. The van der Waals surface area contributed by atoms with E-state index in [1.54, 1.807) is 0 Å². The third-order valence-corrected chi connectivity index (χ3v) is 3.19. The van der Waals surface area contributed by atoms with Crippen molar-refractivity contribution in [3.8, 4) is 0 Å². The Labute approximate surface area is 98.5 Å². The van der Waals surface area contributed by atoms with E-state index in [4.69, 9.17) is 9.47 Å². The highest BCUT2D eigenvalue weighted by Crippen LogP contribution is 2.23. The largest absolute Gasteiger partial charge is 0.469 e. The molecule has 2 atom stereocenters. The molecule has 94 valence electrons. The molecule has 0 spiro atoms. The SMILES string of the molecule is CCCCC1CCCCC(CC(=O)OC)O1. The van der Waals surface area contributed by atoms with Crippen molar-refractivity contribution >= 4 is 5.97 Å². The van der Waals surface area contributed by atoms with E-state index >= 15 is 0 Å². The van der Waals surface area contributed by atoms with E-state index in [-0.39, 0.29) is 12.1 Å². The van der Waals surface area contributed by atoms with Crippen LogP contribution in [0.15, 0.2) is 0 Å². The smallest absolute Gasteiger partial charge is 0.308 e. The maximum Gasteiger partial charge on any atom is 0.308 e. The lowest BCUT2D eigenvalue weighted by molar-refractivity contribution is -0.145. The van der Waals surface area contributed by atoms with Crippen molar-refractivity contribution in [3.63, 3.8) is 0 Å². The van der Waals surface area contributed by atoms with Gasteiger partial charge in [0.1, 0.15) is 0 Å². The van der Waals surface area contributed by atoms with Crippen molar-refractivity contribution < 1.29 is 14.3 Å². The zero-order valence-corrected chi connectivity index (χ0v) is 10.5. The van der Waals surface area contributed by atoms with Crippen LogP contribution in [0.1, 0.15) is 58.3 Å². The first-order valence-corrected chi connectivity index (χ1v) is 6.48. The minimum Gasteiger partial charge on any atom is -0.469 e. The minimum absolute atomic E-state index is 0.0804. The molecule has 0 bridgehead atoms. The average Bonchev–Trinajstić information content (AvgIpc) is 2.51. The topological polar surface area (TPSA) is 35.5 Å². The molecular weight excluding hydrogens is 204 g/mol. The number of carbonyl (C=O) groups is 1. The normalized spacial score (nSPS) is 26.1. The fourth-order valence-corrected chi connectivity index (χ4v) is 2.22. The number of unbranched alkanes of at least 4 members (excludes halogenated alkanes) is 1. The quantitative estimate of drug-likeness (QED) is 0.678. The molecule has 0 aromatic heterocycles. The van der Waals surface area contributed by atoms with Crippen molar-refractivity contribution in [1.82, 2.24) is 0 Å². The fraction of sp³-hybridized carbons (Fsp3) is 0.923. The van der Waals surface area contributed by atoms with Crippen molar-refractivity contribution in [2.45, 2.75) is 70.5 Å². The van der Waals surface area contributed by atoms with E-state index in [2.05, 4.69) is 6.92 Å². The van der Waals surface area contributed by atoms with Gasteiger partial charge in [-0.2, -0.15) is 0 Å². The summed E-state index contributed by atoms with van der Waals surface area (Å²) < 4.78 is 10.7. The van der Waals surface area contributed by atoms with Gasteiger partial charge in [-0.3, -0.25) is 4.79 Å². The maximum atomic E-state index is 11.2. The van der Waals surface area contributed by atoms with E-state index in [1.165, 1.54) is 32.8 Å². The Hall–Kier alpha value is -0.570. The van der Waals surface area contributed by atoms with Gasteiger partial charge in [0, 0.05) is 0 Å². The zero-order chi connectivity index (χ0) is 11.8. The minimum atomic E-state index is -0.152. The van der Waals surface area contributed by atoms with Crippen LogP contribution < -0.4 is 0 Å². The Bertz CT molecular complexity index is 203. The van der Waals surface area contributed by atoms with Gasteiger partial charge in [-0.25, -0.2) is 0 Å². The molecule has 1 aliphatic heterocycles. The van der Waals surface area contributed by atoms with Gasteiger partial charge in [0.15, 0.2) is 0 Å². The lowest BCUT2D eigenvalue weighted by Crippen LogP contribution is -2.23. The molecule has 0 N–H and O–H groups in total. The number of ether oxygens (including phenoxy) is 2. The second kappa shape index (κ2) is 7.66. The number of hydrogen-bond donors (Lipinski definition) is 0. The van der Waals surface area contributed by atoms with E-state index in [9.17, 15) is 4.79 Å². The van der Waals surface area contributed by atoms with Crippen LogP contribution in [0.4, 0.5) is 0 Å². The molecule has 0 aromatic rings. The summed E-state index contributed by atoms with van der Waals surface area (Å²) in [7, 11) is 1.44. The van der Waals surface area contributed by atoms with E-state index in [0.29, 0.717) is 12.5 Å². The number of carbonyl (C=O) groups excluding carboxylic acids is 1. The number of hydrogen-bond acceptors (Lipinski definition) is 3. The summed E-state index contributed by atoms with van der Waals surface area (Å²) >= 11 is 0. The third kappa shape index (κ3) is 4.97. The van der Waals surface area contributed by atoms with Gasteiger partial charge in [-0.05, 0) is 19.3 Å². The summed E-state index contributed by atoms with van der Waals surface area (Å²) in [6.07, 6.45) is 8.96. The van der Waals surface area contributed by atoms with Gasteiger partial charge >= 0.3 is 5.97 Å². The molecule has 1 fully saturated rings. The molecule has 0 radical (unpaired) electrons. The van der Waals surface area contributed by atoms with Gasteiger partial charge < -0.3 is 9.47 Å². The molecule has 1 aliphatic rings. The first-order chi connectivity index (χ1) is 7.76. The monoisotopic (exact) mass is 228 g/mol. The molecule has 0 aromatic carbocycles. The highest BCUT2D eigenvalue weighted by molar-refractivity contribution is 5.69. The second-order valence-corrected chi connectivity index (χ2v) is 4.59. The molecule has 0 saturated carbocycles. The summed E-state index contributed by atoms with van der Waals surface area (Å²) in [5, 5.41) is 0. The number of methoxy groups -OCH3 is 1. The van der Waals surface area contributed by atoms with Crippen LogP contribution in [0.3, 0.4) is 0 Å². The molecule has 2 unspecified atom stereocenters. The first-order valence-electron chi connectivity index (χ1n) is 6.48.